The molecular weight excluding hydrogens is 792 g/mol. The topological polar surface area (TPSA) is 205 Å². The Bertz CT molecular complexity index is 1150. The quantitative estimate of drug-likeness (QED) is 0.125. The molecule has 0 spiro atoms. The second kappa shape index (κ2) is 25.5. The summed E-state index contributed by atoms with van der Waals surface area (Å²) < 4.78 is 120. The Kier molecular flexibility index (Phi) is 21.9. The molecule has 0 aliphatic carbocycles. The van der Waals surface area contributed by atoms with Crippen molar-refractivity contribution in [3.8, 4) is 0 Å². The molecule has 4 rings (SSSR count). The number of aliphatic hydroxyl groups excluding tert-OH is 1. The molecule has 4 aliphatic heterocycles. The largest absolute Gasteiger partial charge is 0.396 e. The molecular formula is C38H70O21. The summed E-state index contributed by atoms with van der Waals surface area (Å²) in [6.07, 6.45) is -13.5. The van der Waals surface area contributed by atoms with Crippen LogP contribution in [-0.4, -0.2) is 247 Å². The Labute approximate surface area is 347 Å². The Morgan fingerprint density at radius 1 is 0.288 bits per heavy atom. The van der Waals surface area contributed by atoms with Crippen molar-refractivity contribution >= 4 is 0 Å². The summed E-state index contributed by atoms with van der Waals surface area (Å²) in [5, 5.41) is 9.75. The Morgan fingerprint density at radius 2 is 0.525 bits per heavy atom. The van der Waals surface area contributed by atoms with Gasteiger partial charge in [0.05, 0.1) is 25.9 Å². The zero-order chi connectivity index (χ0) is 43.2. The Balaban J connectivity index is 1.51. The molecule has 0 bridgehead atoms. The average molecular weight is 863 g/mol. The third kappa shape index (κ3) is 11.5. The van der Waals surface area contributed by atoms with Crippen molar-refractivity contribution < 1.29 is 99.8 Å². The third-order valence-electron chi connectivity index (χ3n) is 11.6. The zero-order valence-electron chi connectivity index (χ0n) is 36.7. The van der Waals surface area contributed by atoms with Crippen molar-refractivity contribution in [3.05, 3.63) is 0 Å². The van der Waals surface area contributed by atoms with Crippen LogP contribution in [0.15, 0.2) is 0 Å². The molecule has 0 aromatic carbocycles. The summed E-state index contributed by atoms with van der Waals surface area (Å²) in [7, 11) is 20.1. The van der Waals surface area contributed by atoms with E-state index in [9.17, 15) is 5.11 Å². The van der Waals surface area contributed by atoms with Crippen LogP contribution in [0, 0.1) is 0 Å². The number of aliphatic hydroxyl groups is 1. The average Bonchev–Trinajstić information content (AvgIpc) is 3.27. The monoisotopic (exact) mass is 862 g/mol. The van der Waals surface area contributed by atoms with Crippen molar-refractivity contribution in [1.29, 1.82) is 0 Å². The summed E-state index contributed by atoms with van der Waals surface area (Å²) in [5.41, 5.74) is 0. The van der Waals surface area contributed by atoms with Gasteiger partial charge in [0, 0.05) is 99.0 Å². The number of hydrogen-bond donors (Lipinski definition) is 1. The van der Waals surface area contributed by atoms with Crippen molar-refractivity contribution in [2.75, 3.05) is 119 Å². The number of methoxy groups -OCH3 is 13. The normalized spacial score (nSPS) is 43.2. The first kappa shape index (κ1) is 50.8. The predicted molar refractivity (Wildman–Crippen MR) is 201 cm³/mol. The number of rotatable bonds is 24. The highest BCUT2D eigenvalue weighted by molar-refractivity contribution is 4.97. The second-order valence-corrected chi connectivity index (χ2v) is 14.3. The van der Waals surface area contributed by atoms with Gasteiger partial charge in [-0.1, -0.05) is 0 Å². The van der Waals surface area contributed by atoms with Crippen molar-refractivity contribution in [2.45, 2.75) is 129 Å². The SMILES string of the molecule is COC1[C@H](OC)O[C@H](CO[C@@H]2O[C@H](CO[C@@H]3O[C@H](CO[C@@H]4OC(CCO)[C@@H](OC)[C@@H](OC)C4OC)[C@@H](OC)[C@@H](OC)C3OC)[C@@H](OC)[C@@H](OC)C2OC)[C@@H](OC)[C@H]1OC. The minimum atomic E-state index is -1.01. The summed E-state index contributed by atoms with van der Waals surface area (Å²) in [6, 6.07) is 0. The lowest BCUT2D eigenvalue weighted by molar-refractivity contribution is -0.355. The lowest BCUT2D eigenvalue weighted by Gasteiger charge is -2.48. The molecule has 4 fully saturated rings. The van der Waals surface area contributed by atoms with E-state index in [2.05, 4.69) is 0 Å². The van der Waals surface area contributed by atoms with Gasteiger partial charge in [-0.2, -0.15) is 0 Å². The molecule has 348 valence electrons. The van der Waals surface area contributed by atoms with E-state index in [0.29, 0.717) is 6.42 Å². The van der Waals surface area contributed by atoms with Crippen LogP contribution in [0.25, 0.3) is 0 Å². The Hall–Kier alpha value is -0.840. The molecule has 0 radical (unpaired) electrons. The van der Waals surface area contributed by atoms with Crippen molar-refractivity contribution in [3.63, 3.8) is 0 Å². The van der Waals surface area contributed by atoms with Crippen LogP contribution in [-0.2, 0) is 94.7 Å². The van der Waals surface area contributed by atoms with Gasteiger partial charge in [0.15, 0.2) is 25.2 Å². The molecule has 4 saturated heterocycles. The minimum Gasteiger partial charge on any atom is -0.396 e. The van der Waals surface area contributed by atoms with Gasteiger partial charge in [0.25, 0.3) is 0 Å². The first-order valence-electron chi connectivity index (χ1n) is 19.6. The smallest absolute Gasteiger partial charge is 0.187 e. The van der Waals surface area contributed by atoms with E-state index in [4.69, 9.17) is 94.7 Å². The van der Waals surface area contributed by atoms with Gasteiger partial charge in [-0.3, -0.25) is 0 Å². The van der Waals surface area contributed by atoms with Crippen LogP contribution in [0.1, 0.15) is 6.42 Å². The third-order valence-corrected chi connectivity index (χ3v) is 11.6. The van der Waals surface area contributed by atoms with Crippen LogP contribution in [0.4, 0.5) is 0 Å². The second-order valence-electron chi connectivity index (χ2n) is 14.3. The predicted octanol–water partition coefficient (Wildman–Crippen LogP) is -0.855. The highest BCUT2D eigenvalue weighted by Crippen LogP contribution is 2.35. The fourth-order valence-corrected chi connectivity index (χ4v) is 8.64. The van der Waals surface area contributed by atoms with Gasteiger partial charge in [0.2, 0.25) is 0 Å². The molecule has 4 heterocycles. The molecule has 5 unspecified atom stereocenters. The van der Waals surface area contributed by atoms with E-state index in [1.165, 1.54) is 28.4 Å². The maximum Gasteiger partial charge on any atom is 0.187 e. The number of hydrogen-bond acceptors (Lipinski definition) is 21. The molecule has 0 saturated carbocycles. The molecule has 59 heavy (non-hydrogen) atoms. The van der Waals surface area contributed by atoms with Crippen LogP contribution in [0.3, 0.4) is 0 Å². The molecule has 4 aliphatic rings. The van der Waals surface area contributed by atoms with E-state index in [0.717, 1.165) is 0 Å². The molecule has 1 N–H and O–H groups in total. The molecule has 21 nitrogen and oxygen atoms in total. The van der Waals surface area contributed by atoms with Crippen LogP contribution in [0.2, 0.25) is 0 Å². The summed E-state index contributed by atoms with van der Waals surface area (Å²) >= 11 is 0. The van der Waals surface area contributed by atoms with E-state index in [-0.39, 0.29) is 26.4 Å². The van der Waals surface area contributed by atoms with E-state index < -0.39 is 123 Å². The fraction of sp³-hybridized carbons (Fsp3) is 1.00. The Morgan fingerprint density at radius 3 is 0.780 bits per heavy atom. The number of ether oxygens (including phenoxy) is 20. The zero-order valence-corrected chi connectivity index (χ0v) is 36.7. The standard InChI is InChI=1S/C38H70O21/c1-40-23-19(14-15-39)56-36(32(49-10)27(23)44-5)53-17-21-25(42-3)29(46-7)34(51-12)38(58-21)55-18-22-26(43-4)30(47-8)33(50-11)37(59-22)54-16-20-24(41-2)28(45-6)31(48-9)35(52-13)57-20/h19-39H,14-18H2,1-13H3/t19?,20-,21-,22-,23-,24-,25-,26-,27-,28-,29-,30-,31?,32?,33?,34?,35-,36-,37-,38-/m1/s1. The summed E-state index contributed by atoms with van der Waals surface area (Å²) in [6.45, 7) is -0.235. The maximum atomic E-state index is 9.75. The van der Waals surface area contributed by atoms with Gasteiger partial charge in [-0.15, -0.1) is 0 Å². The van der Waals surface area contributed by atoms with Gasteiger partial charge in [-0.25, -0.2) is 0 Å². The van der Waals surface area contributed by atoms with Crippen molar-refractivity contribution in [1.82, 2.24) is 0 Å². The van der Waals surface area contributed by atoms with Gasteiger partial charge in [-0.05, 0) is 6.42 Å². The van der Waals surface area contributed by atoms with Gasteiger partial charge in [0.1, 0.15) is 91.6 Å². The van der Waals surface area contributed by atoms with Gasteiger partial charge < -0.3 is 99.8 Å². The van der Waals surface area contributed by atoms with Crippen molar-refractivity contribution in [2.24, 2.45) is 0 Å². The minimum absolute atomic E-state index is 0.000569. The maximum absolute atomic E-state index is 9.75. The summed E-state index contributed by atoms with van der Waals surface area (Å²) in [4.78, 5) is 0. The fourth-order valence-electron chi connectivity index (χ4n) is 8.64. The molecule has 20 atom stereocenters. The molecule has 0 aromatic rings. The summed E-state index contributed by atoms with van der Waals surface area (Å²) in [5.74, 6) is 0. The van der Waals surface area contributed by atoms with Gasteiger partial charge >= 0.3 is 0 Å². The lowest BCUT2D eigenvalue weighted by atomic mass is 9.96. The molecule has 0 amide bonds. The first-order chi connectivity index (χ1) is 28.7. The van der Waals surface area contributed by atoms with Crippen LogP contribution >= 0.6 is 0 Å². The van der Waals surface area contributed by atoms with Crippen LogP contribution in [0.5, 0.6) is 0 Å². The lowest BCUT2D eigenvalue weighted by Crippen LogP contribution is -2.64. The molecule has 0 aromatic heterocycles. The first-order valence-corrected chi connectivity index (χ1v) is 19.6. The van der Waals surface area contributed by atoms with E-state index >= 15 is 0 Å². The van der Waals surface area contributed by atoms with E-state index in [1.54, 1.807) is 64.0 Å². The van der Waals surface area contributed by atoms with E-state index in [1.807, 2.05) is 0 Å². The highest BCUT2D eigenvalue weighted by atomic mass is 16.8. The molecule has 21 heteroatoms. The van der Waals surface area contributed by atoms with Crippen LogP contribution < -0.4 is 0 Å². The highest BCUT2D eigenvalue weighted by Gasteiger charge is 2.54.